The number of rotatable bonds is 2. The number of nitrogens with zero attached hydrogens (tertiary/aromatic N) is 2. The summed E-state index contributed by atoms with van der Waals surface area (Å²) in [7, 11) is -4.39. The fourth-order valence-electron chi connectivity index (χ4n) is 6.45. The number of ether oxygens (including phenoxy) is 3. The summed E-state index contributed by atoms with van der Waals surface area (Å²) < 4.78 is 60.2. The molecule has 3 N–H and O–H groups in total. The van der Waals surface area contributed by atoms with Gasteiger partial charge in [0.1, 0.15) is 35.0 Å². The van der Waals surface area contributed by atoms with Crippen LogP contribution in [0.1, 0.15) is 30.4 Å². The van der Waals surface area contributed by atoms with Gasteiger partial charge in [0.2, 0.25) is 11.8 Å². The van der Waals surface area contributed by atoms with E-state index in [9.17, 15) is 32.0 Å². The van der Waals surface area contributed by atoms with Crippen LogP contribution >= 0.6 is 0 Å². The van der Waals surface area contributed by atoms with Crippen LogP contribution in [0.15, 0.2) is 60.0 Å². The van der Waals surface area contributed by atoms with Gasteiger partial charge in [0.25, 0.3) is 15.9 Å². The van der Waals surface area contributed by atoms with Crippen molar-refractivity contribution in [2.45, 2.75) is 54.9 Å². The summed E-state index contributed by atoms with van der Waals surface area (Å²) >= 11 is 0. The number of hydrogen-bond acceptors (Lipinski definition) is 10. The highest BCUT2D eigenvalue weighted by atomic mass is 32.2. The van der Waals surface area contributed by atoms with Gasteiger partial charge >= 0.3 is 6.09 Å². The molecule has 4 aliphatic rings. The third-order valence-electron chi connectivity index (χ3n) is 9.16. The molecule has 1 spiro atoms. The Bertz CT molecular complexity index is 1760. The summed E-state index contributed by atoms with van der Waals surface area (Å²) in [5, 5.41) is 5.71. The van der Waals surface area contributed by atoms with E-state index in [2.05, 4.69) is 21.9 Å². The number of nitrogens with one attached hydrogen (secondary N) is 3. The zero-order valence-electron chi connectivity index (χ0n) is 26.7. The third kappa shape index (κ3) is 7.26. The Morgan fingerprint density at radius 3 is 2.63 bits per heavy atom. The molecule has 16 heteroatoms. The molecule has 6 rings (SSSR count). The van der Waals surface area contributed by atoms with Crippen molar-refractivity contribution in [2.75, 3.05) is 44.8 Å². The lowest BCUT2D eigenvalue weighted by Gasteiger charge is -2.26. The topological polar surface area (TPSA) is 173 Å². The van der Waals surface area contributed by atoms with Crippen molar-refractivity contribution in [1.29, 1.82) is 0 Å². The fourth-order valence-corrected chi connectivity index (χ4v) is 7.68. The molecule has 262 valence electrons. The molecule has 0 unspecified atom stereocenters. The number of amides is 4. The number of hydrogen-bond donors (Lipinski definition) is 3. The van der Waals surface area contributed by atoms with Gasteiger partial charge in [-0.15, -0.1) is 6.58 Å². The van der Waals surface area contributed by atoms with Gasteiger partial charge in [0, 0.05) is 44.2 Å². The van der Waals surface area contributed by atoms with Crippen LogP contribution in [0.5, 0.6) is 0 Å². The van der Waals surface area contributed by atoms with Crippen LogP contribution in [0.25, 0.3) is 0 Å². The van der Waals surface area contributed by atoms with Crippen LogP contribution < -0.4 is 15.4 Å². The predicted molar refractivity (Wildman–Crippen MR) is 172 cm³/mol. The van der Waals surface area contributed by atoms with Crippen LogP contribution in [0.3, 0.4) is 0 Å². The molecule has 1 saturated carbocycles. The second kappa shape index (κ2) is 14.1. The highest BCUT2D eigenvalue weighted by Gasteiger charge is 2.61. The summed E-state index contributed by atoms with van der Waals surface area (Å²) in [6.07, 6.45) is 0.271. The van der Waals surface area contributed by atoms with E-state index in [0.29, 0.717) is 24.2 Å². The molecule has 2 fully saturated rings. The van der Waals surface area contributed by atoms with E-state index >= 15 is 0 Å². The predicted octanol–water partition coefficient (Wildman–Crippen LogP) is 1.66. The average molecular weight is 700 g/mol. The number of anilines is 1. The SMILES string of the molecule is C=C[C@@H]1C[C@@]12NC(=O)[C@@H]1C[C@@H](OC(=O)N3Cc4cccc(F)c4C3)CN1C(=O)COCCCOCCNc1ccccc1S(=O)(=O)NC2=O. The van der Waals surface area contributed by atoms with Gasteiger partial charge in [-0.2, -0.15) is 0 Å². The van der Waals surface area contributed by atoms with Gasteiger partial charge in [0.05, 0.1) is 25.4 Å². The quantitative estimate of drug-likeness (QED) is 0.392. The van der Waals surface area contributed by atoms with Crippen molar-refractivity contribution < 1.29 is 46.2 Å². The minimum atomic E-state index is -4.39. The lowest BCUT2D eigenvalue weighted by Crippen LogP contribution is -2.56. The number of para-hydroxylation sites is 1. The molecule has 2 aromatic rings. The second-order valence-electron chi connectivity index (χ2n) is 12.4. The Morgan fingerprint density at radius 1 is 1.06 bits per heavy atom. The van der Waals surface area contributed by atoms with Crippen LogP contribution in [-0.2, 0) is 51.7 Å². The van der Waals surface area contributed by atoms with E-state index in [1.165, 1.54) is 34.1 Å². The van der Waals surface area contributed by atoms with Crippen LogP contribution in [0.4, 0.5) is 14.9 Å². The average Bonchev–Trinajstić information content (AvgIpc) is 3.37. The van der Waals surface area contributed by atoms with Crippen LogP contribution in [0, 0.1) is 11.7 Å². The molecule has 14 nitrogen and oxygen atoms in total. The molecular formula is C33H38FN5O9S. The fraction of sp³-hybridized carbons (Fsp3) is 0.455. The minimum Gasteiger partial charge on any atom is -0.444 e. The minimum absolute atomic E-state index is 0.0156. The molecule has 2 aromatic carbocycles. The molecular weight excluding hydrogens is 661 g/mol. The third-order valence-corrected chi connectivity index (χ3v) is 10.5. The molecule has 3 heterocycles. The number of benzene rings is 2. The van der Waals surface area contributed by atoms with Crippen molar-refractivity contribution >= 4 is 39.5 Å². The Balaban J connectivity index is 1.21. The summed E-state index contributed by atoms with van der Waals surface area (Å²) in [4.78, 5) is 56.4. The van der Waals surface area contributed by atoms with E-state index in [0.717, 1.165) is 0 Å². The van der Waals surface area contributed by atoms with Gasteiger partial charge in [-0.05, 0) is 36.6 Å². The lowest BCUT2D eigenvalue weighted by molar-refractivity contribution is -0.143. The largest absolute Gasteiger partial charge is 0.444 e. The zero-order valence-corrected chi connectivity index (χ0v) is 27.5. The summed E-state index contributed by atoms with van der Waals surface area (Å²) in [5.74, 6) is -3.24. The first-order chi connectivity index (χ1) is 23.5. The first-order valence-electron chi connectivity index (χ1n) is 16.0. The van der Waals surface area contributed by atoms with E-state index in [4.69, 9.17) is 14.2 Å². The molecule has 4 amide bonds. The monoisotopic (exact) mass is 699 g/mol. The molecule has 0 radical (unpaired) electrons. The molecule has 1 saturated heterocycles. The van der Waals surface area contributed by atoms with Gasteiger partial charge in [-0.1, -0.05) is 30.3 Å². The van der Waals surface area contributed by atoms with Gasteiger partial charge in [-0.3, -0.25) is 19.3 Å². The molecule has 3 aliphatic heterocycles. The maximum atomic E-state index is 14.3. The number of carbonyl (C=O) groups excluding carboxylic acids is 4. The smallest absolute Gasteiger partial charge is 0.410 e. The molecule has 0 aromatic heterocycles. The molecule has 49 heavy (non-hydrogen) atoms. The van der Waals surface area contributed by atoms with Crippen molar-refractivity contribution in [3.05, 3.63) is 72.1 Å². The first-order valence-corrected chi connectivity index (χ1v) is 17.5. The summed E-state index contributed by atoms with van der Waals surface area (Å²) in [5.41, 5.74) is -0.320. The number of halogens is 1. The Labute approximate surface area is 283 Å². The highest BCUT2D eigenvalue weighted by molar-refractivity contribution is 7.90. The highest BCUT2D eigenvalue weighted by Crippen LogP contribution is 2.45. The maximum Gasteiger partial charge on any atom is 0.410 e. The molecule has 1 aliphatic carbocycles. The molecule has 0 bridgehead atoms. The van der Waals surface area contributed by atoms with Crippen LogP contribution in [-0.4, -0.2) is 99.2 Å². The van der Waals surface area contributed by atoms with Crippen molar-refractivity contribution in [1.82, 2.24) is 19.8 Å². The van der Waals surface area contributed by atoms with Gasteiger partial charge < -0.3 is 29.7 Å². The zero-order chi connectivity index (χ0) is 34.8. The second-order valence-corrected chi connectivity index (χ2v) is 14.1. The maximum absolute atomic E-state index is 14.3. The van der Waals surface area contributed by atoms with Crippen molar-refractivity contribution in [3.8, 4) is 0 Å². The first kappa shape index (κ1) is 34.3. The molecule has 4 atom stereocenters. The Kier molecular flexibility index (Phi) is 9.90. The summed E-state index contributed by atoms with van der Waals surface area (Å²) in [6.45, 7) is 4.44. The van der Waals surface area contributed by atoms with Gasteiger partial charge in [0.15, 0.2) is 0 Å². The van der Waals surface area contributed by atoms with E-state index in [1.54, 1.807) is 24.3 Å². The van der Waals surface area contributed by atoms with Gasteiger partial charge in [-0.25, -0.2) is 22.3 Å². The van der Waals surface area contributed by atoms with Crippen LogP contribution in [0.2, 0.25) is 0 Å². The summed E-state index contributed by atoms with van der Waals surface area (Å²) in [6, 6.07) is 9.53. The Hall–Kier alpha value is -4.54. The number of sulfonamides is 1. The standard InChI is InChI=1S/C33H38FN5O9S/c1-2-22-16-33(22)31(42)37-49(44,45)28-10-4-3-9-26(28)35-11-14-46-12-6-13-47-20-29(40)39-18-23(15-27(39)30(41)36-33)48-32(43)38-17-21-7-5-8-25(34)24(21)19-38/h2-5,7-10,22-23,27,35H,1,6,11-20H2,(H,36,41)(H,37,42)/t22-,23-,27+,33-/m1/s1. The van der Waals surface area contributed by atoms with E-state index < -0.39 is 63.3 Å². The van der Waals surface area contributed by atoms with E-state index in [1.807, 2.05) is 0 Å². The number of carbonyl (C=O) groups is 4. The van der Waals surface area contributed by atoms with Crippen molar-refractivity contribution in [3.63, 3.8) is 0 Å². The Morgan fingerprint density at radius 2 is 1.86 bits per heavy atom. The normalized spacial score (nSPS) is 27.5. The lowest BCUT2D eigenvalue weighted by atomic mass is 10.1. The van der Waals surface area contributed by atoms with Crippen molar-refractivity contribution in [2.24, 2.45) is 5.92 Å². The van der Waals surface area contributed by atoms with E-state index in [-0.39, 0.29) is 69.4 Å². The number of fused-ring (bicyclic) bond motifs is 3.